The van der Waals surface area contributed by atoms with Gasteiger partial charge in [-0.25, -0.2) is 0 Å². The highest BCUT2D eigenvalue weighted by Gasteiger charge is 2.63. The van der Waals surface area contributed by atoms with Gasteiger partial charge in [-0.05, 0) is 75.0 Å². The van der Waals surface area contributed by atoms with Crippen molar-refractivity contribution in [2.24, 2.45) is 17.6 Å². The molecule has 1 aromatic heterocycles. The fourth-order valence-electron chi connectivity index (χ4n) is 6.36. The van der Waals surface area contributed by atoms with E-state index in [1.807, 2.05) is 18.2 Å². The van der Waals surface area contributed by atoms with E-state index in [0.717, 1.165) is 11.3 Å². The summed E-state index contributed by atoms with van der Waals surface area (Å²) in [5.41, 5.74) is 4.11. The van der Waals surface area contributed by atoms with Gasteiger partial charge in [0.2, 0.25) is 5.78 Å². The van der Waals surface area contributed by atoms with Crippen molar-refractivity contribution in [3.8, 4) is 5.75 Å². The van der Waals surface area contributed by atoms with Crippen molar-refractivity contribution < 1.29 is 34.8 Å². The van der Waals surface area contributed by atoms with E-state index in [2.05, 4.69) is 4.98 Å². The smallest absolute Gasteiger partial charge is 0.255 e. The van der Waals surface area contributed by atoms with Crippen molar-refractivity contribution in [3.05, 3.63) is 81.6 Å². The first-order valence-corrected chi connectivity index (χ1v) is 12.4. The minimum absolute atomic E-state index is 0.0179. The van der Waals surface area contributed by atoms with Crippen LogP contribution >= 0.6 is 0 Å². The van der Waals surface area contributed by atoms with Gasteiger partial charge in [-0.3, -0.25) is 24.3 Å². The average Bonchev–Trinajstić information content (AvgIpc) is 2.86. The average molecular weight is 520 g/mol. The highest BCUT2D eigenvalue weighted by atomic mass is 16.3. The molecule has 3 aliphatic rings. The molecule has 0 aliphatic heterocycles. The lowest BCUT2D eigenvalue weighted by Gasteiger charge is -2.50. The SMILES string of the molecule is CN(C)[C@@H]1C(O)=C(C(N)=O)C(=O)[C@@]2(O)C(O)=C3C(=O)c4c(O)ccc(CCc5ccccn5)c4C[C@H]3C[C@@H]12. The van der Waals surface area contributed by atoms with Crippen molar-refractivity contribution in [1.82, 2.24) is 9.88 Å². The molecular weight excluding hydrogens is 490 g/mol. The Bertz CT molecular complexity index is 1430. The van der Waals surface area contributed by atoms with E-state index in [1.54, 1.807) is 26.4 Å². The molecule has 4 atom stereocenters. The number of pyridine rings is 1. The quantitative estimate of drug-likeness (QED) is 0.365. The van der Waals surface area contributed by atoms with Crippen molar-refractivity contribution in [3.63, 3.8) is 0 Å². The van der Waals surface area contributed by atoms with Gasteiger partial charge in [-0.2, -0.15) is 0 Å². The Morgan fingerprint density at radius 2 is 1.87 bits per heavy atom. The lowest BCUT2D eigenvalue weighted by molar-refractivity contribution is -0.148. The number of fused-ring (bicyclic) bond motifs is 3. The highest BCUT2D eigenvalue weighted by molar-refractivity contribution is 6.24. The van der Waals surface area contributed by atoms with Gasteiger partial charge in [0.1, 0.15) is 22.8 Å². The molecule has 0 spiro atoms. The van der Waals surface area contributed by atoms with Crippen molar-refractivity contribution in [1.29, 1.82) is 0 Å². The van der Waals surface area contributed by atoms with Gasteiger partial charge in [0.05, 0.1) is 11.6 Å². The van der Waals surface area contributed by atoms with E-state index in [1.165, 1.54) is 11.0 Å². The number of benzene rings is 1. The minimum Gasteiger partial charge on any atom is -0.510 e. The van der Waals surface area contributed by atoms with Crippen LogP contribution in [0.25, 0.3) is 0 Å². The lowest BCUT2D eigenvalue weighted by Crippen LogP contribution is -2.63. The van der Waals surface area contributed by atoms with Crippen LogP contribution in [0, 0.1) is 11.8 Å². The van der Waals surface area contributed by atoms with Crippen molar-refractivity contribution in [2.45, 2.75) is 37.3 Å². The fraction of sp³-hybridized carbons (Fsp3) is 0.357. The molecule has 0 unspecified atom stereocenters. The molecule has 1 aromatic carbocycles. The predicted molar refractivity (Wildman–Crippen MR) is 135 cm³/mol. The second-order valence-corrected chi connectivity index (χ2v) is 10.4. The number of aliphatic hydroxyl groups excluding tert-OH is 2. The first-order valence-electron chi connectivity index (χ1n) is 12.4. The summed E-state index contributed by atoms with van der Waals surface area (Å²) in [6.45, 7) is 0. The van der Waals surface area contributed by atoms with E-state index in [4.69, 9.17) is 5.73 Å². The number of aryl methyl sites for hydroxylation is 2. The highest BCUT2D eigenvalue weighted by Crippen LogP contribution is 2.52. The number of aliphatic hydroxyl groups is 3. The number of likely N-dealkylation sites (N-methyl/N-ethyl adjacent to an activating group) is 1. The molecule has 6 N–H and O–H groups in total. The summed E-state index contributed by atoms with van der Waals surface area (Å²) in [7, 11) is 3.20. The molecule has 38 heavy (non-hydrogen) atoms. The van der Waals surface area contributed by atoms with Crippen LogP contribution in [0.3, 0.4) is 0 Å². The zero-order valence-corrected chi connectivity index (χ0v) is 21.0. The Morgan fingerprint density at radius 3 is 2.50 bits per heavy atom. The number of primary amides is 1. The summed E-state index contributed by atoms with van der Waals surface area (Å²) >= 11 is 0. The molecule has 0 saturated heterocycles. The molecule has 0 fully saturated rings. The summed E-state index contributed by atoms with van der Waals surface area (Å²) in [4.78, 5) is 45.0. The van der Waals surface area contributed by atoms with Gasteiger partial charge in [0.15, 0.2) is 11.4 Å². The molecule has 1 heterocycles. The number of ketones is 2. The van der Waals surface area contributed by atoms with Crippen LogP contribution in [-0.2, 0) is 28.9 Å². The van der Waals surface area contributed by atoms with E-state index in [9.17, 15) is 34.8 Å². The molecule has 0 bridgehead atoms. The van der Waals surface area contributed by atoms with Gasteiger partial charge in [-0.1, -0.05) is 12.1 Å². The monoisotopic (exact) mass is 519 g/mol. The second-order valence-electron chi connectivity index (χ2n) is 10.4. The molecular formula is C28H29N3O7. The summed E-state index contributed by atoms with van der Waals surface area (Å²) in [5.74, 6) is -6.56. The number of carbonyl (C=O) groups excluding carboxylic acids is 3. The lowest BCUT2D eigenvalue weighted by atomic mass is 9.58. The van der Waals surface area contributed by atoms with Crippen LogP contribution in [0.5, 0.6) is 5.75 Å². The number of allylic oxidation sites excluding steroid dienone is 1. The van der Waals surface area contributed by atoms with Gasteiger partial charge < -0.3 is 26.2 Å². The molecule has 5 rings (SSSR count). The molecule has 0 radical (unpaired) electrons. The number of rotatable bonds is 5. The zero-order chi connectivity index (χ0) is 27.5. The number of carbonyl (C=O) groups is 3. The number of aromatic hydroxyl groups is 1. The molecule has 198 valence electrons. The zero-order valence-electron chi connectivity index (χ0n) is 21.0. The first kappa shape index (κ1) is 25.6. The third kappa shape index (κ3) is 3.63. The maximum Gasteiger partial charge on any atom is 0.255 e. The number of phenols is 1. The molecule has 1 amide bonds. The number of nitrogens with two attached hydrogens (primary N) is 1. The van der Waals surface area contributed by atoms with Crippen LogP contribution < -0.4 is 5.73 Å². The Morgan fingerprint density at radius 1 is 1.13 bits per heavy atom. The van der Waals surface area contributed by atoms with E-state index in [0.29, 0.717) is 18.4 Å². The van der Waals surface area contributed by atoms with E-state index in [-0.39, 0.29) is 29.7 Å². The maximum atomic E-state index is 13.8. The summed E-state index contributed by atoms with van der Waals surface area (Å²) in [6, 6.07) is 7.78. The Hall–Kier alpha value is -4.02. The maximum absolute atomic E-state index is 13.8. The Kier molecular flexibility index (Phi) is 6.12. The normalized spacial score (nSPS) is 26.8. The van der Waals surface area contributed by atoms with Crippen molar-refractivity contribution in [2.75, 3.05) is 14.1 Å². The fourth-order valence-corrected chi connectivity index (χ4v) is 6.36. The predicted octanol–water partition coefficient (Wildman–Crippen LogP) is 1.30. The molecule has 10 nitrogen and oxygen atoms in total. The Labute approximate surface area is 218 Å². The number of hydrogen-bond acceptors (Lipinski definition) is 9. The largest absolute Gasteiger partial charge is 0.510 e. The summed E-state index contributed by atoms with van der Waals surface area (Å²) < 4.78 is 0. The molecule has 10 heteroatoms. The molecule has 2 aromatic rings. The minimum atomic E-state index is -2.64. The van der Waals surface area contributed by atoms with Crippen LogP contribution in [0.2, 0.25) is 0 Å². The van der Waals surface area contributed by atoms with Gasteiger partial charge in [0, 0.05) is 23.4 Å². The standard InChI is InChI=1S/C28H29N3O7/c1-31(2)22-17-12-14-11-16-13(6-8-15-5-3-4-10-30-15)7-9-18(32)20(16)23(33)19(14)25(35)28(17,38)26(36)21(24(22)34)27(29)37/h3-5,7,9-10,14,17,22,32,34-35,38H,6,8,11-12H2,1-2H3,(H2,29,37)/t14-,17-,22-,28-/m0/s1. The van der Waals surface area contributed by atoms with Crippen LogP contribution in [-0.4, -0.2) is 73.5 Å². The first-order chi connectivity index (χ1) is 18.0. The number of phenolic OH excluding ortho intramolecular Hbond substituents is 1. The van der Waals surface area contributed by atoms with Crippen molar-refractivity contribution >= 4 is 17.5 Å². The summed E-state index contributed by atoms with van der Waals surface area (Å²) in [5, 5.41) is 44.5. The number of amides is 1. The number of aromatic nitrogens is 1. The molecule has 3 aliphatic carbocycles. The van der Waals surface area contributed by atoms with Crippen LogP contribution in [0.1, 0.15) is 33.6 Å². The molecule has 0 saturated carbocycles. The third-order valence-electron chi connectivity index (χ3n) is 8.08. The second kappa shape index (κ2) is 9.07. The van der Waals surface area contributed by atoms with Gasteiger partial charge in [-0.15, -0.1) is 0 Å². The Balaban J connectivity index is 1.62. The van der Waals surface area contributed by atoms with Crippen LogP contribution in [0.15, 0.2) is 59.2 Å². The van der Waals surface area contributed by atoms with Gasteiger partial charge in [0.25, 0.3) is 5.91 Å². The number of nitrogens with zero attached hydrogens (tertiary/aromatic N) is 2. The summed E-state index contributed by atoms with van der Waals surface area (Å²) in [6.07, 6.45) is 3.19. The third-order valence-corrected chi connectivity index (χ3v) is 8.08. The van der Waals surface area contributed by atoms with E-state index >= 15 is 0 Å². The number of hydrogen-bond donors (Lipinski definition) is 5. The number of Topliss-reactive ketones (excluding diaryl/α,β-unsaturated/α-hetero) is 2. The van der Waals surface area contributed by atoms with Crippen LogP contribution in [0.4, 0.5) is 0 Å². The van der Waals surface area contributed by atoms with Gasteiger partial charge >= 0.3 is 0 Å². The topological polar surface area (TPSA) is 174 Å². The van der Waals surface area contributed by atoms with E-state index < -0.39 is 58.0 Å².